The van der Waals surface area contributed by atoms with Crippen molar-refractivity contribution < 1.29 is 32.2 Å². The molecule has 0 unspecified atom stereocenters. The summed E-state index contributed by atoms with van der Waals surface area (Å²) in [6, 6.07) is 7.55. The molecule has 0 N–H and O–H groups in total. The van der Waals surface area contributed by atoms with Crippen molar-refractivity contribution in [1.29, 1.82) is 0 Å². The number of hydrogen-bond donors (Lipinski definition) is 0. The van der Waals surface area contributed by atoms with Crippen LogP contribution >= 0.6 is 38.9 Å². The van der Waals surface area contributed by atoms with E-state index in [1.165, 1.54) is 44.4 Å². The van der Waals surface area contributed by atoms with Gasteiger partial charge in [-0.3, -0.25) is 9.36 Å². The molecule has 0 radical (unpaired) electrons. The Bertz CT molecular complexity index is 1720. The molecule has 0 spiro atoms. The number of allylic oxidation sites excluding steroid dienone is 1. The Hall–Kier alpha value is -3.53. The van der Waals surface area contributed by atoms with Gasteiger partial charge in [0.2, 0.25) is 0 Å². The zero-order chi connectivity index (χ0) is 29.2. The number of halogens is 5. The van der Waals surface area contributed by atoms with Crippen LogP contribution in [0.3, 0.4) is 0 Å². The highest BCUT2D eigenvalue weighted by Crippen LogP contribution is 2.39. The van der Waals surface area contributed by atoms with Crippen molar-refractivity contribution in [3.8, 4) is 23.8 Å². The zero-order valence-corrected chi connectivity index (χ0v) is 24.0. The molecule has 7 nitrogen and oxygen atoms in total. The Kier molecular flexibility index (Phi) is 8.77. The summed E-state index contributed by atoms with van der Waals surface area (Å²) in [5.41, 5.74) is -2.19. The van der Waals surface area contributed by atoms with E-state index in [1.54, 1.807) is 12.1 Å². The van der Waals surface area contributed by atoms with Gasteiger partial charge in [0.1, 0.15) is 6.61 Å². The molecule has 13 heteroatoms. The third kappa shape index (κ3) is 5.82. The van der Waals surface area contributed by atoms with Crippen molar-refractivity contribution in [3.05, 3.63) is 88.0 Å². The first-order valence-electron chi connectivity index (χ1n) is 11.5. The van der Waals surface area contributed by atoms with E-state index in [-0.39, 0.29) is 28.1 Å². The smallest absolute Gasteiger partial charge is 0.434 e. The van der Waals surface area contributed by atoms with E-state index in [4.69, 9.17) is 32.2 Å². The van der Waals surface area contributed by atoms with E-state index >= 15 is 0 Å². The van der Waals surface area contributed by atoms with Crippen molar-refractivity contribution in [2.75, 3.05) is 20.3 Å². The van der Waals surface area contributed by atoms with Crippen LogP contribution in [0.1, 0.15) is 24.1 Å². The fourth-order valence-corrected chi connectivity index (χ4v) is 5.73. The van der Waals surface area contributed by atoms with Gasteiger partial charge in [0.15, 0.2) is 22.0 Å². The Labute approximate surface area is 243 Å². The van der Waals surface area contributed by atoms with Gasteiger partial charge in [0.25, 0.3) is 5.56 Å². The molecule has 0 aliphatic carbocycles. The fraction of sp³-hybridized carbons (Fsp3) is 0.222. The van der Waals surface area contributed by atoms with Gasteiger partial charge >= 0.3 is 12.1 Å². The van der Waals surface area contributed by atoms with Gasteiger partial charge in [-0.25, -0.2) is 9.79 Å². The van der Waals surface area contributed by atoms with E-state index in [9.17, 15) is 22.8 Å². The van der Waals surface area contributed by atoms with Gasteiger partial charge < -0.3 is 14.2 Å². The second kappa shape index (κ2) is 11.9. The lowest BCUT2D eigenvalue weighted by molar-refractivity contribution is -0.140. The van der Waals surface area contributed by atoms with E-state index in [0.29, 0.717) is 26.6 Å². The maximum atomic E-state index is 14.2. The van der Waals surface area contributed by atoms with Crippen LogP contribution in [0.4, 0.5) is 13.2 Å². The normalized spacial score (nSPS) is 15.2. The van der Waals surface area contributed by atoms with E-state index in [1.807, 2.05) is 0 Å². The fourth-order valence-electron chi connectivity index (χ4n) is 4.03. The van der Waals surface area contributed by atoms with Gasteiger partial charge in [-0.1, -0.05) is 41.0 Å². The number of benzene rings is 2. The molecule has 1 aromatic heterocycles. The summed E-state index contributed by atoms with van der Waals surface area (Å²) in [6.07, 6.45) is 1.73. The lowest BCUT2D eigenvalue weighted by Crippen LogP contribution is -2.41. The van der Waals surface area contributed by atoms with Gasteiger partial charge in [0.05, 0.1) is 34.3 Å². The average Bonchev–Trinajstić information content (AvgIpc) is 3.21. The van der Waals surface area contributed by atoms with Crippen molar-refractivity contribution in [1.82, 2.24) is 4.57 Å². The first-order valence-corrected chi connectivity index (χ1v) is 13.5. The number of alkyl halides is 3. The second-order valence-electron chi connectivity index (χ2n) is 8.14. The highest BCUT2D eigenvalue weighted by Gasteiger charge is 2.45. The molecule has 0 bridgehead atoms. The predicted molar refractivity (Wildman–Crippen MR) is 147 cm³/mol. The van der Waals surface area contributed by atoms with Crippen LogP contribution in [0, 0.1) is 12.3 Å². The number of thiazole rings is 1. The number of nitrogens with zero attached hydrogens (tertiary/aromatic N) is 2. The number of terminal acetylenes is 1. The summed E-state index contributed by atoms with van der Waals surface area (Å²) in [6.45, 7) is 1.28. The first kappa shape index (κ1) is 29.5. The largest absolute Gasteiger partial charge is 0.493 e. The number of aromatic nitrogens is 1. The molecule has 1 aliphatic rings. The first-order chi connectivity index (χ1) is 19.0. The Morgan fingerprint density at radius 1 is 1.30 bits per heavy atom. The number of ether oxygens (including phenoxy) is 3. The molecule has 1 aliphatic heterocycles. The quantitative estimate of drug-likeness (QED) is 0.271. The molecule has 0 saturated heterocycles. The van der Waals surface area contributed by atoms with Gasteiger partial charge in [-0.2, -0.15) is 13.2 Å². The minimum Gasteiger partial charge on any atom is -0.493 e. The third-order valence-corrected chi connectivity index (χ3v) is 7.45. The maximum absolute atomic E-state index is 14.2. The van der Waals surface area contributed by atoms with Gasteiger partial charge in [-0.05, 0) is 64.3 Å². The number of carbonyl (C=O) groups is 1. The van der Waals surface area contributed by atoms with Crippen LogP contribution in [0.25, 0.3) is 6.08 Å². The molecule has 0 fully saturated rings. The third-order valence-electron chi connectivity index (χ3n) is 5.63. The molecule has 0 amide bonds. The van der Waals surface area contributed by atoms with E-state index in [2.05, 4.69) is 26.8 Å². The standard InChI is InChI=1S/C27H19BrClF3N2O5S/c1-4-10-39-22-17(28)11-14(12-18(22)37-3)13-19-24(35)34-21(15-6-8-16(29)9-7-15)20(25(36)38-5-2)23(27(30,31)32)33-26(34)40-19/h1,6-9,11-13,21H,5,10H2,2-3H3/b19-13-/t21-/m1/s1. The van der Waals surface area contributed by atoms with Crippen LogP contribution in [0.5, 0.6) is 11.5 Å². The zero-order valence-electron chi connectivity index (χ0n) is 20.8. The summed E-state index contributed by atoms with van der Waals surface area (Å²) in [5, 5.41) is 0.322. The molecule has 40 heavy (non-hydrogen) atoms. The van der Waals surface area contributed by atoms with E-state index < -0.39 is 35.0 Å². The molecule has 2 aromatic carbocycles. The van der Waals surface area contributed by atoms with Crippen molar-refractivity contribution in [2.24, 2.45) is 4.99 Å². The topological polar surface area (TPSA) is 79.1 Å². The predicted octanol–water partition coefficient (Wildman–Crippen LogP) is 4.78. The second-order valence-corrected chi connectivity index (χ2v) is 10.4. The lowest BCUT2D eigenvalue weighted by atomic mass is 9.95. The monoisotopic (exact) mass is 654 g/mol. The molecular weight excluding hydrogens is 637 g/mol. The van der Waals surface area contributed by atoms with E-state index in [0.717, 1.165) is 15.9 Å². The van der Waals surface area contributed by atoms with Crippen LogP contribution in [-0.4, -0.2) is 37.0 Å². The number of carbonyl (C=O) groups excluding carboxylic acids is 1. The average molecular weight is 656 g/mol. The summed E-state index contributed by atoms with van der Waals surface area (Å²) in [7, 11) is 1.42. The lowest BCUT2D eigenvalue weighted by Gasteiger charge is -2.26. The number of methoxy groups -OCH3 is 1. The molecule has 0 saturated carbocycles. The molecular formula is C27H19BrClF3N2O5S. The maximum Gasteiger partial charge on any atom is 0.434 e. The van der Waals surface area contributed by atoms with Crippen molar-refractivity contribution in [2.45, 2.75) is 19.1 Å². The molecule has 2 heterocycles. The molecule has 208 valence electrons. The Morgan fingerprint density at radius 3 is 2.60 bits per heavy atom. The number of fused-ring (bicyclic) bond motifs is 1. The highest BCUT2D eigenvalue weighted by molar-refractivity contribution is 9.10. The molecule has 4 rings (SSSR count). The summed E-state index contributed by atoms with van der Waals surface area (Å²) < 4.78 is 60.1. The number of rotatable bonds is 7. The minimum absolute atomic E-state index is 0.0120. The molecule has 3 aromatic rings. The van der Waals surface area contributed by atoms with Crippen LogP contribution in [-0.2, 0) is 9.53 Å². The summed E-state index contributed by atoms with van der Waals surface area (Å²) >= 11 is 10.1. The Morgan fingerprint density at radius 2 is 2.00 bits per heavy atom. The highest BCUT2D eigenvalue weighted by atomic mass is 79.9. The SMILES string of the molecule is C#CCOc1c(Br)cc(/C=c2\sc3n(c2=O)[C@H](c2ccc(Cl)cc2)C(C(=O)OCC)=C(C(F)(F)F)N=3)cc1OC. The van der Waals surface area contributed by atoms with Crippen LogP contribution < -0.4 is 24.4 Å². The van der Waals surface area contributed by atoms with Crippen LogP contribution in [0.15, 0.2) is 61.9 Å². The summed E-state index contributed by atoms with van der Waals surface area (Å²) in [5.74, 6) is 1.78. The molecule has 1 atom stereocenters. The summed E-state index contributed by atoms with van der Waals surface area (Å²) in [4.78, 5) is 30.1. The van der Waals surface area contributed by atoms with Crippen LogP contribution in [0.2, 0.25) is 5.02 Å². The number of hydrogen-bond acceptors (Lipinski definition) is 7. The van der Waals surface area contributed by atoms with Gasteiger partial charge in [0, 0.05) is 5.02 Å². The minimum atomic E-state index is -5.01. The van der Waals surface area contributed by atoms with Crippen molar-refractivity contribution in [3.63, 3.8) is 0 Å². The van der Waals surface area contributed by atoms with Gasteiger partial charge in [-0.15, -0.1) is 6.42 Å². The van der Waals surface area contributed by atoms with Crippen molar-refractivity contribution >= 4 is 50.9 Å². The number of esters is 1. The Balaban J connectivity index is 1.99.